The number of nitrogens with zero attached hydrogens (tertiary/aromatic N) is 3. The quantitative estimate of drug-likeness (QED) is 0.784. The zero-order valence-electron chi connectivity index (χ0n) is 18.3. The highest BCUT2D eigenvalue weighted by molar-refractivity contribution is 5.89. The molecule has 1 aromatic carbocycles. The molecule has 166 valence electrons. The molecule has 0 unspecified atom stereocenters. The Hall–Kier alpha value is -2.71. The fourth-order valence-electron chi connectivity index (χ4n) is 4.19. The standard InChI is InChI=1S/C23H30N4O4/c1-23(2,3)20(21(29)26-11-9-16(28)13-26)24-22(30)27-18-10-12-31-14-17(18)19(25-27)15-7-5-4-6-8-15/h4-8,16,20,28H,9-14H2,1-3H3,(H,24,30)/t16-,20+/m0/s1. The van der Waals surface area contributed by atoms with Gasteiger partial charge in [0.05, 0.1) is 30.7 Å². The van der Waals surface area contributed by atoms with Crippen LogP contribution in [0.5, 0.6) is 0 Å². The number of hydrogen-bond donors (Lipinski definition) is 2. The summed E-state index contributed by atoms with van der Waals surface area (Å²) in [5.74, 6) is -0.176. The summed E-state index contributed by atoms with van der Waals surface area (Å²) in [5.41, 5.74) is 2.88. The Morgan fingerprint density at radius 1 is 1.26 bits per heavy atom. The van der Waals surface area contributed by atoms with Crippen LogP contribution in [0.2, 0.25) is 0 Å². The van der Waals surface area contributed by atoms with Crippen molar-refractivity contribution in [2.45, 2.75) is 52.4 Å². The van der Waals surface area contributed by atoms with Gasteiger partial charge in [-0.1, -0.05) is 51.1 Å². The summed E-state index contributed by atoms with van der Waals surface area (Å²) >= 11 is 0. The summed E-state index contributed by atoms with van der Waals surface area (Å²) < 4.78 is 7.03. The third kappa shape index (κ3) is 4.36. The normalized spacial score (nSPS) is 19.7. The number of likely N-dealkylation sites (tertiary alicyclic amines) is 1. The number of fused-ring (bicyclic) bond motifs is 1. The fraction of sp³-hybridized carbons (Fsp3) is 0.522. The molecule has 2 aliphatic rings. The first kappa shape index (κ1) is 21.5. The Labute approximate surface area is 182 Å². The molecule has 2 amide bonds. The maximum atomic E-state index is 13.3. The van der Waals surface area contributed by atoms with Crippen LogP contribution < -0.4 is 5.32 Å². The van der Waals surface area contributed by atoms with Crippen molar-refractivity contribution in [2.75, 3.05) is 19.7 Å². The van der Waals surface area contributed by atoms with Crippen molar-refractivity contribution in [1.29, 1.82) is 0 Å². The maximum absolute atomic E-state index is 13.3. The van der Waals surface area contributed by atoms with Crippen LogP contribution >= 0.6 is 0 Å². The number of aromatic nitrogens is 2. The van der Waals surface area contributed by atoms with Gasteiger partial charge in [0.2, 0.25) is 5.91 Å². The second kappa shape index (κ2) is 8.43. The van der Waals surface area contributed by atoms with Crippen molar-refractivity contribution in [3.8, 4) is 11.3 Å². The van der Waals surface area contributed by atoms with E-state index in [0.29, 0.717) is 39.1 Å². The molecule has 0 bridgehead atoms. The lowest BCUT2D eigenvalue weighted by Crippen LogP contribution is -2.55. The predicted molar refractivity (Wildman–Crippen MR) is 115 cm³/mol. The number of ether oxygens (including phenoxy) is 1. The molecule has 0 spiro atoms. The van der Waals surface area contributed by atoms with E-state index in [2.05, 4.69) is 10.4 Å². The van der Waals surface area contributed by atoms with Crippen LogP contribution in [0.1, 0.15) is 38.4 Å². The summed E-state index contributed by atoms with van der Waals surface area (Å²) in [6.07, 6.45) is 0.630. The molecular weight excluding hydrogens is 396 g/mol. The molecule has 2 aromatic rings. The summed E-state index contributed by atoms with van der Waals surface area (Å²) in [6.45, 7) is 7.48. The average Bonchev–Trinajstić information content (AvgIpc) is 3.35. The first-order chi connectivity index (χ1) is 14.8. The van der Waals surface area contributed by atoms with Gasteiger partial charge in [-0.15, -0.1) is 0 Å². The second-order valence-corrected chi connectivity index (χ2v) is 9.33. The van der Waals surface area contributed by atoms with Crippen LogP contribution in [0, 0.1) is 5.41 Å². The van der Waals surface area contributed by atoms with Gasteiger partial charge in [-0.05, 0) is 11.8 Å². The summed E-state index contributed by atoms with van der Waals surface area (Å²) in [4.78, 5) is 28.1. The monoisotopic (exact) mass is 426 g/mol. The third-order valence-electron chi connectivity index (χ3n) is 5.91. The zero-order valence-corrected chi connectivity index (χ0v) is 18.3. The van der Waals surface area contributed by atoms with Crippen LogP contribution in [-0.2, 0) is 22.6 Å². The number of amides is 2. The largest absolute Gasteiger partial charge is 0.391 e. The van der Waals surface area contributed by atoms with E-state index in [1.54, 1.807) is 4.90 Å². The Balaban J connectivity index is 1.64. The predicted octanol–water partition coefficient (Wildman–Crippen LogP) is 2.19. The molecule has 4 rings (SSSR count). The molecule has 1 saturated heterocycles. The lowest BCUT2D eigenvalue weighted by Gasteiger charge is -2.33. The minimum Gasteiger partial charge on any atom is -0.391 e. The molecule has 8 heteroatoms. The van der Waals surface area contributed by atoms with Crippen molar-refractivity contribution in [1.82, 2.24) is 20.0 Å². The number of β-amino-alcohol motifs (C(OH)–C–C–N with tert-alkyl or cyclic N) is 1. The molecule has 8 nitrogen and oxygen atoms in total. The summed E-state index contributed by atoms with van der Waals surface area (Å²) in [6, 6.07) is 8.56. The smallest absolute Gasteiger partial charge is 0.343 e. The highest BCUT2D eigenvalue weighted by Gasteiger charge is 2.39. The number of aliphatic hydroxyl groups excluding tert-OH is 1. The Kier molecular flexibility index (Phi) is 5.85. The van der Waals surface area contributed by atoms with Gasteiger partial charge in [0, 0.05) is 30.6 Å². The number of carbonyl (C=O) groups excluding carboxylic acids is 2. The van der Waals surface area contributed by atoms with Gasteiger partial charge < -0.3 is 20.1 Å². The third-order valence-corrected chi connectivity index (χ3v) is 5.91. The van der Waals surface area contributed by atoms with Crippen molar-refractivity contribution in [3.63, 3.8) is 0 Å². The molecule has 0 aliphatic carbocycles. The van der Waals surface area contributed by atoms with Gasteiger partial charge in [0.1, 0.15) is 6.04 Å². The SMILES string of the molecule is CC(C)(C)[C@H](NC(=O)n1nc(-c2ccccc2)c2c1CCOC2)C(=O)N1CC[C@H](O)C1. The van der Waals surface area contributed by atoms with E-state index in [4.69, 9.17) is 4.74 Å². The van der Waals surface area contributed by atoms with Gasteiger partial charge in [-0.25, -0.2) is 4.79 Å². The van der Waals surface area contributed by atoms with E-state index in [-0.39, 0.29) is 5.91 Å². The fourth-order valence-corrected chi connectivity index (χ4v) is 4.19. The van der Waals surface area contributed by atoms with Gasteiger partial charge in [-0.2, -0.15) is 9.78 Å². The van der Waals surface area contributed by atoms with E-state index in [1.807, 2.05) is 51.1 Å². The van der Waals surface area contributed by atoms with Gasteiger partial charge in [0.15, 0.2) is 0 Å². The molecule has 0 saturated carbocycles. The van der Waals surface area contributed by atoms with E-state index in [0.717, 1.165) is 22.5 Å². The van der Waals surface area contributed by atoms with Crippen molar-refractivity contribution >= 4 is 11.9 Å². The minimum absolute atomic E-state index is 0.176. The van der Waals surface area contributed by atoms with E-state index >= 15 is 0 Å². The topological polar surface area (TPSA) is 96.7 Å². The van der Waals surface area contributed by atoms with Gasteiger partial charge in [-0.3, -0.25) is 4.79 Å². The van der Waals surface area contributed by atoms with Crippen LogP contribution in [-0.4, -0.2) is 63.6 Å². The molecule has 1 aromatic heterocycles. The highest BCUT2D eigenvalue weighted by atomic mass is 16.5. The van der Waals surface area contributed by atoms with Crippen molar-refractivity contribution in [2.24, 2.45) is 5.41 Å². The van der Waals surface area contributed by atoms with Gasteiger partial charge >= 0.3 is 6.03 Å². The molecule has 2 atom stereocenters. The molecule has 2 aliphatic heterocycles. The average molecular weight is 427 g/mol. The van der Waals surface area contributed by atoms with E-state index < -0.39 is 23.6 Å². The van der Waals surface area contributed by atoms with E-state index in [9.17, 15) is 14.7 Å². The Bertz CT molecular complexity index is 964. The Morgan fingerprint density at radius 3 is 2.65 bits per heavy atom. The van der Waals surface area contributed by atoms with Crippen LogP contribution in [0.3, 0.4) is 0 Å². The van der Waals surface area contributed by atoms with Crippen LogP contribution in [0.4, 0.5) is 4.79 Å². The molecule has 1 fully saturated rings. The molecule has 31 heavy (non-hydrogen) atoms. The van der Waals surface area contributed by atoms with E-state index in [1.165, 1.54) is 4.68 Å². The number of carbonyl (C=O) groups is 2. The number of nitrogens with one attached hydrogen (secondary N) is 1. The van der Waals surface area contributed by atoms with Crippen LogP contribution in [0.15, 0.2) is 30.3 Å². The Morgan fingerprint density at radius 2 is 2.00 bits per heavy atom. The lowest BCUT2D eigenvalue weighted by atomic mass is 9.86. The van der Waals surface area contributed by atoms with Gasteiger partial charge in [0.25, 0.3) is 0 Å². The maximum Gasteiger partial charge on any atom is 0.343 e. The first-order valence-electron chi connectivity index (χ1n) is 10.8. The molecule has 2 N–H and O–H groups in total. The number of benzene rings is 1. The first-order valence-corrected chi connectivity index (χ1v) is 10.8. The van der Waals surface area contributed by atoms with Crippen molar-refractivity contribution in [3.05, 3.63) is 41.6 Å². The molecule has 3 heterocycles. The summed E-state index contributed by atoms with van der Waals surface area (Å²) in [5, 5.41) is 17.4. The number of hydrogen-bond acceptors (Lipinski definition) is 5. The number of rotatable bonds is 3. The summed E-state index contributed by atoms with van der Waals surface area (Å²) in [7, 11) is 0. The van der Waals surface area contributed by atoms with Crippen molar-refractivity contribution < 1.29 is 19.4 Å². The number of aliphatic hydroxyl groups is 1. The minimum atomic E-state index is -0.731. The molecule has 0 radical (unpaired) electrons. The lowest BCUT2D eigenvalue weighted by molar-refractivity contribution is -0.135. The van der Waals surface area contributed by atoms with Crippen LogP contribution in [0.25, 0.3) is 11.3 Å². The highest BCUT2D eigenvalue weighted by Crippen LogP contribution is 2.29. The second-order valence-electron chi connectivity index (χ2n) is 9.33. The zero-order chi connectivity index (χ0) is 22.2. The molecular formula is C23H30N4O4.